The normalized spacial score (nSPS) is 25.6. The van der Waals surface area contributed by atoms with Gasteiger partial charge in [0, 0.05) is 18.0 Å². The monoisotopic (exact) mass is 747 g/mol. The summed E-state index contributed by atoms with van der Waals surface area (Å²) >= 11 is 1.36. The van der Waals surface area contributed by atoms with E-state index in [1.807, 2.05) is 43.3 Å². The molecule has 3 aliphatic rings. The molecule has 4 aromatic rings. The highest BCUT2D eigenvalue weighted by Crippen LogP contribution is 2.46. The first-order valence-electron chi connectivity index (χ1n) is 17.8. The van der Waals surface area contributed by atoms with Crippen LogP contribution < -0.4 is 25.7 Å². The molecule has 3 N–H and O–H groups in total. The van der Waals surface area contributed by atoms with Crippen molar-refractivity contribution in [1.29, 1.82) is 0 Å². The number of carbonyl (C=O) groups is 3. The fourth-order valence-electron chi connectivity index (χ4n) is 7.04. The molecule has 1 aliphatic carbocycles. The van der Waals surface area contributed by atoms with Gasteiger partial charge in [0.25, 0.3) is 11.1 Å². The Bertz CT molecular complexity index is 2010. The SMILES string of the molecule is Cc1ccc2nc(O[C@@H]3C[C@H]4C(=O)N[C@]5(C(=O)NOc6ccccc6)C[C@H]5/C=C\CCCCC[C@H](Nc5cccc(C(F)(F)F)c5)C(=O)N4C3)sc2c1. The number of amides is 3. The van der Waals surface area contributed by atoms with Crippen molar-refractivity contribution in [2.24, 2.45) is 5.92 Å². The van der Waals surface area contributed by atoms with Crippen LogP contribution in [-0.2, 0) is 20.6 Å². The van der Waals surface area contributed by atoms with E-state index in [-0.39, 0.29) is 24.6 Å². The molecule has 0 spiro atoms. The van der Waals surface area contributed by atoms with Crippen molar-refractivity contribution >= 4 is 45.0 Å². The number of ether oxygens (including phenoxy) is 1. The van der Waals surface area contributed by atoms with Crippen molar-refractivity contribution in [3.63, 3.8) is 0 Å². The molecule has 3 heterocycles. The third kappa shape index (κ3) is 8.27. The first kappa shape index (κ1) is 36.3. The lowest BCUT2D eigenvalue weighted by atomic mass is 10.0. The smallest absolute Gasteiger partial charge is 0.416 e. The number of halogens is 3. The van der Waals surface area contributed by atoms with Gasteiger partial charge in [-0.25, -0.2) is 4.98 Å². The minimum atomic E-state index is -4.56. The topological polar surface area (TPSA) is 122 Å². The van der Waals surface area contributed by atoms with E-state index in [9.17, 15) is 27.6 Å². The number of aryl methyl sites for hydroxylation is 1. The number of benzene rings is 3. The van der Waals surface area contributed by atoms with Gasteiger partial charge in [-0.1, -0.05) is 66.7 Å². The molecule has 2 fully saturated rings. The number of nitrogens with one attached hydrogen (secondary N) is 3. The van der Waals surface area contributed by atoms with Crippen molar-refractivity contribution in [1.82, 2.24) is 20.7 Å². The predicted molar refractivity (Wildman–Crippen MR) is 194 cm³/mol. The summed E-state index contributed by atoms with van der Waals surface area (Å²) in [5.74, 6) is -1.38. The number of allylic oxidation sites excluding steroid dienone is 1. The van der Waals surface area contributed by atoms with E-state index < -0.39 is 53.2 Å². The molecule has 10 nitrogen and oxygen atoms in total. The molecule has 3 aromatic carbocycles. The zero-order chi connectivity index (χ0) is 37.2. The molecule has 0 unspecified atom stereocenters. The number of para-hydroxylation sites is 1. The second kappa shape index (κ2) is 15.1. The quantitative estimate of drug-likeness (QED) is 0.138. The van der Waals surface area contributed by atoms with Crippen molar-refractivity contribution < 1.29 is 37.1 Å². The Morgan fingerprint density at radius 2 is 1.87 bits per heavy atom. The maximum Gasteiger partial charge on any atom is 0.416 e. The third-order valence-electron chi connectivity index (χ3n) is 9.97. The molecular formula is C39H40F3N5O5S. The lowest BCUT2D eigenvalue weighted by Crippen LogP contribution is -2.57. The molecule has 7 rings (SSSR count). The standard InChI is InChI=1S/C39H40F3N5O5S/c1-24-17-18-30-33(19-24)53-37(44-30)51-29-21-32-34(48)45-38(36(50)46-52-28-14-7-5-8-15-28)22-26(38)11-6-3-2-4-9-16-31(35(49)47(32)23-29)43-27-13-10-12-25(20-27)39(40,41)42/h5-8,10-15,17-20,26,29,31-32,43H,2-4,9,16,21-23H2,1H3,(H,45,48)(H,46,50)/b11-6-/t26-,29-,31+,32+,38-/m1/s1. The average Bonchev–Trinajstić information content (AvgIpc) is 3.44. The number of hydrogen-bond donors (Lipinski definition) is 3. The number of hydrogen-bond acceptors (Lipinski definition) is 8. The van der Waals surface area contributed by atoms with Crippen LogP contribution in [0.25, 0.3) is 10.2 Å². The minimum absolute atomic E-state index is 0.0340. The molecule has 3 amide bonds. The number of alkyl halides is 3. The van der Waals surface area contributed by atoms with Crippen LogP contribution in [-0.4, -0.2) is 57.9 Å². The summed E-state index contributed by atoms with van der Waals surface area (Å²) in [5, 5.41) is 6.43. The number of carbonyl (C=O) groups excluding carboxylic acids is 3. The van der Waals surface area contributed by atoms with E-state index >= 15 is 0 Å². The van der Waals surface area contributed by atoms with Crippen LogP contribution in [0, 0.1) is 12.8 Å². The number of aromatic nitrogens is 1. The van der Waals surface area contributed by atoms with Gasteiger partial charge in [0.15, 0.2) is 5.75 Å². The lowest BCUT2D eigenvalue weighted by molar-refractivity contribution is -0.141. The molecule has 14 heteroatoms. The summed E-state index contributed by atoms with van der Waals surface area (Å²) in [5.41, 5.74) is 2.34. The molecule has 1 aromatic heterocycles. The highest BCUT2D eigenvalue weighted by atomic mass is 32.1. The van der Waals surface area contributed by atoms with E-state index in [0.717, 1.165) is 47.2 Å². The van der Waals surface area contributed by atoms with Crippen LogP contribution in [0.2, 0.25) is 0 Å². The van der Waals surface area contributed by atoms with E-state index in [2.05, 4.69) is 21.1 Å². The highest BCUT2D eigenvalue weighted by Gasteiger charge is 2.61. The van der Waals surface area contributed by atoms with E-state index in [4.69, 9.17) is 9.57 Å². The van der Waals surface area contributed by atoms with Gasteiger partial charge < -0.3 is 25.1 Å². The summed E-state index contributed by atoms with van der Waals surface area (Å²) in [6, 6.07) is 17.4. The van der Waals surface area contributed by atoms with Gasteiger partial charge in [0.05, 0.1) is 22.3 Å². The summed E-state index contributed by atoms with van der Waals surface area (Å²) in [6.07, 6.45) is 2.46. The van der Waals surface area contributed by atoms with Crippen molar-refractivity contribution in [2.75, 3.05) is 11.9 Å². The van der Waals surface area contributed by atoms with E-state index in [0.29, 0.717) is 30.2 Å². The fourth-order valence-corrected chi connectivity index (χ4v) is 8.02. The van der Waals surface area contributed by atoms with Gasteiger partial charge in [-0.3, -0.25) is 14.4 Å². The molecule has 1 saturated carbocycles. The number of fused-ring (bicyclic) bond motifs is 3. The number of nitrogens with zero attached hydrogens (tertiary/aromatic N) is 2. The molecule has 1 saturated heterocycles. The first-order chi connectivity index (χ1) is 25.5. The predicted octanol–water partition coefficient (Wildman–Crippen LogP) is 6.96. The largest absolute Gasteiger partial charge is 0.465 e. The maximum atomic E-state index is 14.5. The lowest BCUT2D eigenvalue weighted by Gasteiger charge is -2.30. The molecule has 0 bridgehead atoms. The summed E-state index contributed by atoms with van der Waals surface area (Å²) in [4.78, 5) is 54.2. The zero-order valence-corrected chi connectivity index (χ0v) is 29.8. The Hall–Kier alpha value is -5.11. The summed E-state index contributed by atoms with van der Waals surface area (Å²) in [7, 11) is 0. The molecule has 278 valence electrons. The van der Waals surface area contributed by atoms with Gasteiger partial charge in [-0.2, -0.15) is 18.7 Å². The molecule has 2 aliphatic heterocycles. The van der Waals surface area contributed by atoms with Crippen molar-refractivity contribution in [3.05, 3.63) is 96.1 Å². The third-order valence-corrected chi connectivity index (χ3v) is 10.9. The van der Waals surface area contributed by atoms with Crippen LogP contribution in [0.5, 0.6) is 10.9 Å². The molecule has 0 radical (unpaired) electrons. The minimum Gasteiger partial charge on any atom is -0.465 e. The van der Waals surface area contributed by atoms with E-state index in [1.165, 1.54) is 28.4 Å². The van der Waals surface area contributed by atoms with Crippen LogP contribution >= 0.6 is 11.3 Å². The molecule has 53 heavy (non-hydrogen) atoms. The van der Waals surface area contributed by atoms with Gasteiger partial charge in [0.2, 0.25) is 11.8 Å². The number of anilines is 1. The fraction of sp³-hybridized carbons (Fsp3) is 0.385. The van der Waals surface area contributed by atoms with Crippen LogP contribution in [0.1, 0.15) is 56.1 Å². The second-order valence-electron chi connectivity index (χ2n) is 13.9. The number of hydroxylamine groups is 1. The van der Waals surface area contributed by atoms with Crippen LogP contribution in [0.4, 0.5) is 18.9 Å². The van der Waals surface area contributed by atoms with Crippen LogP contribution in [0.15, 0.2) is 84.9 Å². The van der Waals surface area contributed by atoms with Crippen molar-refractivity contribution in [3.8, 4) is 10.9 Å². The van der Waals surface area contributed by atoms with Gasteiger partial charge in [0.1, 0.15) is 23.7 Å². The Kier molecular flexibility index (Phi) is 10.3. The molecular weight excluding hydrogens is 708 g/mol. The second-order valence-corrected chi connectivity index (χ2v) is 14.9. The Morgan fingerprint density at radius 3 is 2.68 bits per heavy atom. The van der Waals surface area contributed by atoms with Gasteiger partial charge in [-0.15, -0.1) is 0 Å². The molecule has 5 atom stereocenters. The summed E-state index contributed by atoms with van der Waals surface area (Å²) < 4.78 is 48.1. The van der Waals surface area contributed by atoms with Gasteiger partial charge >= 0.3 is 6.18 Å². The van der Waals surface area contributed by atoms with Gasteiger partial charge in [-0.05, 0) is 80.6 Å². The number of thiazole rings is 1. The van der Waals surface area contributed by atoms with Crippen LogP contribution in [0.3, 0.4) is 0 Å². The van der Waals surface area contributed by atoms with E-state index in [1.54, 1.807) is 24.3 Å². The first-order valence-corrected chi connectivity index (χ1v) is 18.6. The summed E-state index contributed by atoms with van der Waals surface area (Å²) in [6.45, 7) is 2.02. The Labute approximate surface area is 308 Å². The van der Waals surface area contributed by atoms with Crippen molar-refractivity contribution in [2.45, 2.75) is 81.8 Å². The average molecular weight is 748 g/mol. The zero-order valence-electron chi connectivity index (χ0n) is 29.0. The number of rotatable bonds is 7. The highest BCUT2D eigenvalue weighted by molar-refractivity contribution is 7.20. The Morgan fingerprint density at radius 1 is 1.04 bits per heavy atom. The Balaban J connectivity index is 1.17. The maximum absolute atomic E-state index is 14.5.